The van der Waals surface area contributed by atoms with Gasteiger partial charge in [-0.3, -0.25) is 43.9 Å². The number of nitro groups is 2. The van der Waals surface area contributed by atoms with Crippen LogP contribution in [0.5, 0.6) is 17.2 Å². The summed E-state index contributed by atoms with van der Waals surface area (Å²) in [5.74, 6) is 0.319. The SMILES string of the molecule is CC(=O)CC(C)(C)c1c(C)cc(C)cc1O.CC(=O)CC(C)(C)c1c(C)cc(C)cc1OP(=O)(O)O.CC(=O)OCC1=CN=C([N+](=O)[O-])C1.CC(=O)OCc1ccc([N+](=O)[O-])cc1.Cc1cc(C)c2c(c1)OC(=O)CC2(C)C. The zero-order chi connectivity index (χ0) is 59.8. The van der Waals surface area contributed by atoms with E-state index in [1.807, 2.05) is 80.5 Å². The smallest absolute Gasteiger partial charge is 0.508 e. The predicted molar refractivity (Wildman–Crippen MR) is 294 cm³/mol. The van der Waals surface area contributed by atoms with Crippen LogP contribution >= 0.6 is 7.82 Å². The molecule has 0 bridgehead atoms. The maximum atomic E-state index is 11.4. The van der Waals surface area contributed by atoms with Crippen molar-refractivity contribution < 1.29 is 72.0 Å². The van der Waals surface area contributed by atoms with Gasteiger partial charge in [0.15, 0.2) is 0 Å². The Balaban J connectivity index is 0.000000336. The van der Waals surface area contributed by atoms with E-state index in [1.54, 1.807) is 31.2 Å². The molecular formula is C57H74N3O17P. The number of hydrogen-bond donors (Lipinski definition) is 3. The molecule has 0 fully saturated rings. The van der Waals surface area contributed by atoms with Crippen LogP contribution in [0.15, 0.2) is 77.4 Å². The number of carbonyl (C=O) groups is 5. The Bertz CT molecular complexity index is 2980. The van der Waals surface area contributed by atoms with E-state index < -0.39 is 29.1 Å². The number of carbonyl (C=O) groups excluding carboxylic acids is 5. The summed E-state index contributed by atoms with van der Waals surface area (Å²) in [6, 6.07) is 17.2. The van der Waals surface area contributed by atoms with Crippen molar-refractivity contribution >= 4 is 48.8 Å². The number of ether oxygens (including phenoxy) is 3. The number of Topliss-reactive ketones (excluding diaryl/α,β-unsaturated/α-hetero) is 2. The molecule has 2 aliphatic rings. The minimum atomic E-state index is -4.64. The minimum absolute atomic E-state index is 0.0112. The fourth-order valence-corrected chi connectivity index (χ4v) is 9.88. The number of phenols is 1. The quantitative estimate of drug-likeness (QED) is 0.0368. The van der Waals surface area contributed by atoms with Crippen molar-refractivity contribution in [3.63, 3.8) is 0 Å². The van der Waals surface area contributed by atoms with E-state index in [0.717, 1.165) is 44.7 Å². The molecule has 424 valence electrons. The number of rotatable bonds is 13. The van der Waals surface area contributed by atoms with Crippen LogP contribution in [-0.4, -0.2) is 66.7 Å². The summed E-state index contributed by atoms with van der Waals surface area (Å²) in [6.45, 7) is 29.5. The fourth-order valence-electron chi connectivity index (χ4n) is 9.48. The molecule has 3 N–H and O–H groups in total. The number of nitro benzene ring substituents is 1. The Morgan fingerprint density at radius 2 is 1.19 bits per heavy atom. The fraction of sp³-hybridized carbons (Fsp3) is 0.439. The molecule has 0 aromatic heterocycles. The summed E-state index contributed by atoms with van der Waals surface area (Å²) in [7, 11) is -4.64. The number of phenolic OH excluding ortho intramolecular Hbond substituents is 1. The minimum Gasteiger partial charge on any atom is -0.508 e. The number of aliphatic imine (C=N–C) groups is 1. The molecule has 0 spiro atoms. The van der Waals surface area contributed by atoms with Crippen molar-refractivity contribution in [2.45, 2.75) is 159 Å². The predicted octanol–water partition coefficient (Wildman–Crippen LogP) is 11.4. The molecule has 0 radical (unpaired) electrons. The normalized spacial score (nSPS) is 13.2. The van der Waals surface area contributed by atoms with E-state index in [-0.39, 0.29) is 77.7 Å². The van der Waals surface area contributed by atoms with Crippen LogP contribution in [0.4, 0.5) is 5.69 Å². The zero-order valence-electron chi connectivity index (χ0n) is 47.4. The topological polar surface area (TPSA) is 299 Å². The van der Waals surface area contributed by atoms with Crippen LogP contribution in [-0.2, 0) is 60.9 Å². The maximum Gasteiger partial charge on any atom is 0.524 e. The molecule has 20 nitrogen and oxygen atoms in total. The number of amidine groups is 1. The van der Waals surface area contributed by atoms with Crippen LogP contribution in [0.1, 0.15) is 151 Å². The number of nitrogens with zero attached hydrogens (tertiary/aromatic N) is 3. The molecule has 0 amide bonds. The maximum absolute atomic E-state index is 11.4. The highest BCUT2D eigenvalue weighted by atomic mass is 31.2. The highest BCUT2D eigenvalue weighted by molar-refractivity contribution is 7.46. The molecule has 78 heavy (non-hydrogen) atoms. The first-order valence-electron chi connectivity index (χ1n) is 24.6. The summed E-state index contributed by atoms with van der Waals surface area (Å²) in [4.78, 5) is 96.1. The number of fused-ring (bicyclic) bond motifs is 1. The Hall–Kier alpha value is -7.41. The summed E-state index contributed by atoms with van der Waals surface area (Å²) < 4.78 is 30.6. The van der Waals surface area contributed by atoms with Crippen LogP contribution in [0, 0.1) is 61.8 Å². The Labute approximate surface area is 455 Å². The summed E-state index contributed by atoms with van der Waals surface area (Å²) in [5, 5.41) is 30.5. The number of esters is 3. The second kappa shape index (κ2) is 28.3. The van der Waals surface area contributed by atoms with Gasteiger partial charge >= 0.3 is 31.6 Å². The van der Waals surface area contributed by atoms with Crippen LogP contribution < -0.4 is 9.26 Å². The Morgan fingerprint density at radius 1 is 0.718 bits per heavy atom. The third-order valence-corrected chi connectivity index (χ3v) is 12.3. The van der Waals surface area contributed by atoms with Gasteiger partial charge in [0.25, 0.3) is 5.69 Å². The van der Waals surface area contributed by atoms with Crippen molar-refractivity contribution in [2.24, 2.45) is 4.99 Å². The molecule has 0 saturated carbocycles. The second-order valence-corrected chi connectivity index (χ2v) is 22.4. The molecule has 0 atom stereocenters. The summed E-state index contributed by atoms with van der Waals surface area (Å²) in [6.07, 6.45) is 2.70. The number of hydrogen-bond acceptors (Lipinski definition) is 16. The number of ketones is 2. The Morgan fingerprint density at radius 3 is 1.65 bits per heavy atom. The average molecular weight is 1100 g/mol. The van der Waals surface area contributed by atoms with Gasteiger partial charge in [-0.2, -0.15) is 0 Å². The standard InChI is InChI=1S/C14H21O5P.C14H20O2.C13H16O2.C9H9NO4.C7H8N2O4/c1-9-6-10(2)13(14(4,5)8-11(3)15)12(7-9)19-20(16,17)18;1-9-6-10(2)13(12(16)7-9)14(4,5)8-11(3)15;1-8-5-9(2)12-10(6-8)15-11(14)7-13(12,3)4;1-7(11)14-6-8-2-4-9(5-3-8)10(12)13;1-5(10)13-4-6-2-7(8-3-6)9(11)12/h6-7H,8H2,1-5H3,(H2,16,17,18);6-7,16H,8H2,1-5H3;5-6H,7H2,1-4H3;2-5H,6H2,1H3;3H,2,4H2,1H3. The highest BCUT2D eigenvalue weighted by Gasteiger charge is 2.35. The van der Waals surface area contributed by atoms with Crippen molar-refractivity contribution in [2.75, 3.05) is 6.61 Å². The summed E-state index contributed by atoms with van der Waals surface area (Å²) >= 11 is 0. The van der Waals surface area contributed by atoms with Gasteiger partial charge in [0.05, 0.1) is 17.8 Å². The lowest BCUT2D eigenvalue weighted by atomic mass is 9.77. The van der Waals surface area contributed by atoms with Gasteiger partial charge in [-0.05, 0) is 130 Å². The second-order valence-electron chi connectivity index (χ2n) is 21.3. The van der Waals surface area contributed by atoms with Gasteiger partial charge in [0.2, 0.25) is 0 Å². The van der Waals surface area contributed by atoms with E-state index in [1.165, 1.54) is 50.2 Å². The van der Waals surface area contributed by atoms with Gasteiger partial charge in [0.1, 0.15) is 48.2 Å². The summed E-state index contributed by atoms with van der Waals surface area (Å²) in [5.41, 5.74) is 9.24. The number of phosphoric ester groups is 1. The van der Waals surface area contributed by atoms with Gasteiger partial charge in [0, 0.05) is 77.3 Å². The molecule has 4 aromatic carbocycles. The lowest BCUT2D eigenvalue weighted by Gasteiger charge is -2.32. The van der Waals surface area contributed by atoms with Gasteiger partial charge in [-0.25, -0.2) is 4.57 Å². The van der Waals surface area contributed by atoms with Gasteiger partial charge in [-0.15, -0.1) is 0 Å². The van der Waals surface area contributed by atoms with Crippen molar-refractivity contribution in [3.8, 4) is 17.2 Å². The van der Waals surface area contributed by atoms with E-state index in [2.05, 4.69) is 36.6 Å². The first-order valence-corrected chi connectivity index (χ1v) is 26.2. The molecule has 6 rings (SSSR count). The van der Waals surface area contributed by atoms with Crippen LogP contribution in [0.25, 0.3) is 0 Å². The first kappa shape index (κ1) is 66.7. The van der Waals surface area contributed by atoms with Crippen LogP contribution in [0.2, 0.25) is 0 Å². The molecule has 0 saturated heterocycles. The van der Waals surface area contributed by atoms with Gasteiger partial charge < -0.3 is 34.0 Å². The average Bonchev–Trinajstić information content (AvgIpc) is 3.73. The monoisotopic (exact) mass is 1100 g/mol. The number of non-ortho nitro benzene ring substituents is 1. The van der Waals surface area contributed by atoms with Crippen molar-refractivity contribution in [3.05, 3.63) is 148 Å². The molecule has 21 heteroatoms. The van der Waals surface area contributed by atoms with Crippen LogP contribution in [0.3, 0.4) is 0 Å². The molecule has 0 aliphatic carbocycles. The molecule has 4 aromatic rings. The van der Waals surface area contributed by atoms with Gasteiger partial charge in [-0.1, -0.05) is 64.7 Å². The van der Waals surface area contributed by atoms with E-state index in [9.17, 15) is 53.9 Å². The first-order chi connectivity index (χ1) is 35.7. The van der Waals surface area contributed by atoms with E-state index >= 15 is 0 Å². The lowest BCUT2D eigenvalue weighted by molar-refractivity contribution is -0.384. The number of phosphoric acid groups is 1. The molecular weight excluding hydrogens is 1030 g/mol. The van der Waals surface area contributed by atoms with E-state index in [0.29, 0.717) is 29.7 Å². The number of aromatic hydroxyl groups is 1. The van der Waals surface area contributed by atoms with E-state index in [4.69, 9.17) is 23.8 Å². The highest BCUT2D eigenvalue weighted by Crippen LogP contribution is 2.45. The largest absolute Gasteiger partial charge is 0.524 e. The Kier molecular flexibility index (Phi) is 24.2. The van der Waals surface area contributed by atoms with Crippen molar-refractivity contribution in [1.29, 1.82) is 0 Å². The molecule has 2 aliphatic heterocycles. The third-order valence-electron chi connectivity index (χ3n) is 11.8. The third kappa shape index (κ3) is 21.9. The number of benzene rings is 4. The molecule has 0 unspecified atom stereocenters. The van der Waals surface area contributed by atoms with Crippen molar-refractivity contribution in [1.82, 2.24) is 0 Å². The lowest BCUT2D eigenvalue weighted by Crippen LogP contribution is -2.31. The zero-order valence-corrected chi connectivity index (χ0v) is 48.3. The number of aryl methyl sites for hydroxylation is 6. The molecule has 2 heterocycles.